The van der Waals surface area contributed by atoms with Crippen LogP contribution in [0.2, 0.25) is 0 Å². The first kappa shape index (κ1) is 13.9. The summed E-state index contributed by atoms with van der Waals surface area (Å²) in [6, 6.07) is 0.509. The van der Waals surface area contributed by atoms with E-state index in [-0.39, 0.29) is 0 Å². The Hall–Kier alpha value is -0.0800. The van der Waals surface area contributed by atoms with Crippen LogP contribution < -0.4 is 5.73 Å². The number of nitrogens with zero attached hydrogens (tertiary/aromatic N) is 1. The fourth-order valence-electron chi connectivity index (χ4n) is 4.83. The Morgan fingerprint density at radius 3 is 2.26 bits per heavy atom. The Morgan fingerprint density at radius 2 is 1.63 bits per heavy atom. The van der Waals surface area contributed by atoms with E-state index in [2.05, 4.69) is 4.90 Å². The first-order chi connectivity index (χ1) is 9.27. The van der Waals surface area contributed by atoms with Crippen LogP contribution in [-0.4, -0.2) is 30.6 Å². The second-order valence-corrected chi connectivity index (χ2v) is 7.55. The molecule has 0 aromatic carbocycles. The molecule has 2 atom stereocenters. The molecule has 2 saturated carbocycles. The second kappa shape index (κ2) is 6.13. The molecule has 2 unspecified atom stereocenters. The number of hydrogen-bond acceptors (Lipinski definition) is 2. The standard InChI is InChI=1S/C17H32N2/c18-16-6-4-5-15(16)7-12-19-13-10-17(11-14-19)8-2-1-3-9-17/h15-16H,1-14,18H2. The Balaban J connectivity index is 1.40. The largest absolute Gasteiger partial charge is 0.327 e. The summed E-state index contributed by atoms with van der Waals surface area (Å²) in [6.07, 6.45) is 15.9. The third kappa shape index (κ3) is 3.33. The van der Waals surface area contributed by atoms with Crippen molar-refractivity contribution in [2.45, 2.75) is 76.7 Å². The normalized spacial score (nSPS) is 35.8. The van der Waals surface area contributed by atoms with Crippen molar-refractivity contribution in [1.29, 1.82) is 0 Å². The molecule has 1 spiro atoms. The van der Waals surface area contributed by atoms with Crippen LogP contribution in [0.4, 0.5) is 0 Å². The van der Waals surface area contributed by atoms with Gasteiger partial charge in [0.2, 0.25) is 0 Å². The number of piperidine rings is 1. The van der Waals surface area contributed by atoms with Gasteiger partial charge < -0.3 is 10.6 Å². The molecular formula is C17H32N2. The molecule has 1 heterocycles. The van der Waals surface area contributed by atoms with Gasteiger partial charge >= 0.3 is 0 Å². The third-order valence-electron chi connectivity index (χ3n) is 6.36. The van der Waals surface area contributed by atoms with Crippen molar-refractivity contribution >= 4 is 0 Å². The van der Waals surface area contributed by atoms with Gasteiger partial charge in [0, 0.05) is 6.04 Å². The first-order valence-corrected chi connectivity index (χ1v) is 8.75. The SMILES string of the molecule is NC1CCCC1CCN1CCC2(CCCCC2)CC1. The summed E-state index contributed by atoms with van der Waals surface area (Å²) in [5.41, 5.74) is 6.95. The number of rotatable bonds is 3. The summed E-state index contributed by atoms with van der Waals surface area (Å²) in [7, 11) is 0. The van der Waals surface area contributed by atoms with Crippen LogP contribution in [0, 0.1) is 11.3 Å². The van der Waals surface area contributed by atoms with E-state index in [1.807, 2.05) is 0 Å². The van der Waals surface area contributed by atoms with Crippen LogP contribution in [0.1, 0.15) is 70.6 Å². The lowest BCUT2D eigenvalue weighted by atomic mass is 9.68. The Labute approximate surface area is 119 Å². The van der Waals surface area contributed by atoms with E-state index in [4.69, 9.17) is 5.73 Å². The molecule has 0 amide bonds. The predicted molar refractivity (Wildman–Crippen MR) is 81.1 cm³/mol. The fourth-order valence-corrected chi connectivity index (χ4v) is 4.83. The molecule has 3 rings (SSSR count). The molecule has 0 bridgehead atoms. The lowest BCUT2D eigenvalue weighted by Crippen LogP contribution is -2.42. The van der Waals surface area contributed by atoms with Gasteiger partial charge in [0.25, 0.3) is 0 Å². The highest BCUT2D eigenvalue weighted by Crippen LogP contribution is 2.44. The lowest BCUT2D eigenvalue weighted by Gasteiger charge is -2.44. The van der Waals surface area contributed by atoms with Gasteiger partial charge in [-0.25, -0.2) is 0 Å². The third-order valence-corrected chi connectivity index (χ3v) is 6.36. The van der Waals surface area contributed by atoms with E-state index in [9.17, 15) is 0 Å². The molecule has 0 aromatic heterocycles. The van der Waals surface area contributed by atoms with E-state index in [1.54, 1.807) is 0 Å². The van der Waals surface area contributed by atoms with Gasteiger partial charge in [-0.1, -0.05) is 25.7 Å². The van der Waals surface area contributed by atoms with Gasteiger partial charge in [-0.05, 0) is 75.9 Å². The molecule has 2 heteroatoms. The van der Waals surface area contributed by atoms with Crippen LogP contribution in [-0.2, 0) is 0 Å². The zero-order valence-electron chi connectivity index (χ0n) is 12.6. The molecule has 19 heavy (non-hydrogen) atoms. The Kier molecular flexibility index (Phi) is 4.48. The quantitative estimate of drug-likeness (QED) is 0.844. The van der Waals surface area contributed by atoms with Crippen molar-refractivity contribution in [2.75, 3.05) is 19.6 Å². The van der Waals surface area contributed by atoms with Crippen molar-refractivity contribution < 1.29 is 0 Å². The van der Waals surface area contributed by atoms with E-state index in [0.717, 1.165) is 11.3 Å². The monoisotopic (exact) mass is 264 g/mol. The molecule has 3 fully saturated rings. The zero-order chi connectivity index (χ0) is 13.1. The molecule has 2 N–H and O–H groups in total. The highest BCUT2D eigenvalue weighted by atomic mass is 15.1. The smallest absolute Gasteiger partial charge is 0.00676 e. The number of likely N-dealkylation sites (tertiary alicyclic amines) is 1. The van der Waals surface area contributed by atoms with Gasteiger partial charge in [0.05, 0.1) is 0 Å². The maximum Gasteiger partial charge on any atom is 0.00676 e. The fraction of sp³-hybridized carbons (Fsp3) is 1.00. The van der Waals surface area contributed by atoms with Gasteiger partial charge in [0.15, 0.2) is 0 Å². The number of nitrogens with two attached hydrogens (primary N) is 1. The van der Waals surface area contributed by atoms with Crippen LogP contribution in [0.15, 0.2) is 0 Å². The maximum absolute atomic E-state index is 6.19. The summed E-state index contributed by atoms with van der Waals surface area (Å²) in [5, 5.41) is 0. The van der Waals surface area contributed by atoms with Gasteiger partial charge in [-0.15, -0.1) is 0 Å². The van der Waals surface area contributed by atoms with Crippen molar-refractivity contribution in [2.24, 2.45) is 17.1 Å². The van der Waals surface area contributed by atoms with Crippen molar-refractivity contribution in [1.82, 2.24) is 4.90 Å². The average molecular weight is 264 g/mol. The minimum Gasteiger partial charge on any atom is -0.327 e. The highest BCUT2D eigenvalue weighted by molar-refractivity contribution is 4.89. The first-order valence-electron chi connectivity index (χ1n) is 8.75. The molecule has 0 aromatic rings. The van der Waals surface area contributed by atoms with E-state index < -0.39 is 0 Å². The molecule has 1 aliphatic heterocycles. The Bertz CT molecular complexity index is 273. The molecule has 2 aliphatic carbocycles. The zero-order valence-corrected chi connectivity index (χ0v) is 12.6. The lowest BCUT2D eigenvalue weighted by molar-refractivity contribution is 0.0647. The number of hydrogen-bond donors (Lipinski definition) is 1. The summed E-state index contributed by atoms with van der Waals surface area (Å²) in [6.45, 7) is 4.04. The van der Waals surface area contributed by atoms with Crippen LogP contribution >= 0.6 is 0 Å². The molecular weight excluding hydrogens is 232 g/mol. The van der Waals surface area contributed by atoms with Crippen LogP contribution in [0.25, 0.3) is 0 Å². The molecule has 1 saturated heterocycles. The average Bonchev–Trinajstić information content (AvgIpc) is 2.85. The van der Waals surface area contributed by atoms with Crippen LogP contribution in [0.5, 0.6) is 0 Å². The summed E-state index contributed by atoms with van der Waals surface area (Å²) in [5.74, 6) is 0.825. The summed E-state index contributed by atoms with van der Waals surface area (Å²) in [4.78, 5) is 2.73. The van der Waals surface area contributed by atoms with Gasteiger partial charge in [-0.3, -0.25) is 0 Å². The minimum atomic E-state index is 0.509. The van der Waals surface area contributed by atoms with Gasteiger partial charge in [0.1, 0.15) is 0 Å². The Morgan fingerprint density at radius 1 is 0.895 bits per heavy atom. The van der Waals surface area contributed by atoms with E-state index >= 15 is 0 Å². The summed E-state index contributed by atoms with van der Waals surface area (Å²) < 4.78 is 0. The molecule has 0 radical (unpaired) electrons. The van der Waals surface area contributed by atoms with Crippen molar-refractivity contribution in [3.63, 3.8) is 0 Å². The molecule has 3 aliphatic rings. The topological polar surface area (TPSA) is 29.3 Å². The predicted octanol–water partition coefficient (Wildman–Crippen LogP) is 3.55. The maximum atomic E-state index is 6.19. The van der Waals surface area contributed by atoms with E-state index in [0.29, 0.717) is 6.04 Å². The molecule has 2 nitrogen and oxygen atoms in total. The minimum absolute atomic E-state index is 0.509. The van der Waals surface area contributed by atoms with Crippen molar-refractivity contribution in [3.05, 3.63) is 0 Å². The van der Waals surface area contributed by atoms with Gasteiger partial charge in [-0.2, -0.15) is 0 Å². The second-order valence-electron chi connectivity index (χ2n) is 7.55. The van der Waals surface area contributed by atoms with Crippen molar-refractivity contribution in [3.8, 4) is 0 Å². The summed E-state index contributed by atoms with van der Waals surface area (Å²) >= 11 is 0. The molecule has 110 valence electrons. The highest BCUT2D eigenvalue weighted by Gasteiger charge is 2.35. The van der Waals surface area contributed by atoms with Crippen LogP contribution in [0.3, 0.4) is 0 Å². The van der Waals surface area contributed by atoms with E-state index in [1.165, 1.54) is 90.3 Å².